The van der Waals surface area contributed by atoms with E-state index in [-0.39, 0.29) is 6.61 Å². The third kappa shape index (κ3) is 1.82. The van der Waals surface area contributed by atoms with Gasteiger partial charge in [-0.25, -0.2) is 0 Å². The average Bonchev–Trinajstić information content (AvgIpc) is 2.06. The zero-order chi connectivity index (χ0) is 8.32. The van der Waals surface area contributed by atoms with Gasteiger partial charge in [0.1, 0.15) is 0 Å². The quantitative estimate of drug-likeness (QED) is 0.492. The minimum atomic E-state index is -0.937. The maximum Gasteiger partial charge on any atom is 0.179 e. The summed E-state index contributed by atoms with van der Waals surface area (Å²) in [4.78, 5) is 1.59. The highest BCUT2D eigenvalue weighted by Crippen LogP contribution is 2.20. The molecule has 0 aromatic heterocycles. The molecule has 0 unspecified atom stereocenters. The Morgan fingerprint density at radius 1 is 1.45 bits per heavy atom. The molecular weight excluding hydrogens is 144 g/mol. The molecule has 1 fully saturated rings. The second kappa shape index (κ2) is 3.07. The summed E-state index contributed by atoms with van der Waals surface area (Å²) in [5, 5.41) is 26.7. The van der Waals surface area contributed by atoms with Crippen molar-refractivity contribution in [3.63, 3.8) is 0 Å². The minimum absolute atomic E-state index is 0.202. The van der Waals surface area contributed by atoms with Crippen molar-refractivity contribution in [2.24, 2.45) is 0 Å². The van der Waals surface area contributed by atoms with Gasteiger partial charge in [0, 0.05) is 13.1 Å². The first-order chi connectivity index (χ1) is 5.20. The number of aliphatic hydroxyl groups excluding tert-OH is 1. The molecule has 0 spiro atoms. The van der Waals surface area contributed by atoms with Crippen molar-refractivity contribution in [3.8, 4) is 6.19 Å². The maximum atomic E-state index is 9.51. The molecule has 0 amide bonds. The van der Waals surface area contributed by atoms with Gasteiger partial charge in [-0.1, -0.05) is 0 Å². The topological polar surface area (TPSA) is 67.5 Å². The van der Waals surface area contributed by atoms with Gasteiger partial charge in [-0.05, 0) is 12.8 Å². The van der Waals surface area contributed by atoms with Gasteiger partial charge < -0.3 is 15.1 Å². The maximum absolute atomic E-state index is 9.51. The fourth-order valence-corrected chi connectivity index (χ4v) is 1.18. The van der Waals surface area contributed by atoms with Gasteiger partial charge in [0.15, 0.2) is 6.19 Å². The predicted octanol–water partition coefficient (Wildman–Crippen LogP) is -0.713. The van der Waals surface area contributed by atoms with Crippen LogP contribution in [0.3, 0.4) is 0 Å². The number of nitriles is 1. The van der Waals surface area contributed by atoms with Crippen molar-refractivity contribution in [1.82, 2.24) is 4.90 Å². The fourth-order valence-electron chi connectivity index (χ4n) is 1.18. The summed E-state index contributed by atoms with van der Waals surface area (Å²) in [6.45, 7) is 0.896. The summed E-state index contributed by atoms with van der Waals surface area (Å²) in [7, 11) is 0. The summed E-state index contributed by atoms with van der Waals surface area (Å²) < 4.78 is 0. The van der Waals surface area contributed by atoms with E-state index in [1.54, 1.807) is 4.90 Å². The van der Waals surface area contributed by atoms with Crippen molar-refractivity contribution in [2.45, 2.75) is 18.4 Å². The van der Waals surface area contributed by atoms with Crippen molar-refractivity contribution >= 4 is 0 Å². The molecular formula is C7H12N2O2. The molecule has 62 valence electrons. The van der Waals surface area contributed by atoms with Crippen LogP contribution in [-0.2, 0) is 0 Å². The van der Waals surface area contributed by atoms with Gasteiger partial charge >= 0.3 is 0 Å². The van der Waals surface area contributed by atoms with Gasteiger partial charge in [0.05, 0.1) is 12.2 Å². The summed E-state index contributed by atoms with van der Waals surface area (Å²) in [5.74, 6) is 0. The fraction of sp³-hybridized carbons (Fsp3) is 0.857. The molecule has 0 aromatic rings. The molecule has 0 aliphatic carbocycles. The van der Waals surface area contributed by atoms with Gasteiger partial charge in [-0.3, -0.25) is 0 Å². The molecule has 0 aromatic carbocycles. The highest BCUT2D eigenvalue weighted by Gasteiger charge is 2.30. The van der Waals surface area contributed by atoms with Gasteiger partial charge in [-0.2, -0.15) is 5.26 Å². The van der Waals surface area contributed by atoms with Crippen LogP contribution in [0.2, 0.25) is 0 Å². The summed E-state index contributed by atoms with van der Waals surface area (Å²) >= 11 is 0. The zero-order valence-electron chi connectivity index (χ0n) is 6.32. The third-order valence-corrected chi connectivity index (χ3v) is 2.13. The number of piperidine rings is 1. The van der Waals surface area contributed by atoms with E-state index in [2.05, 4.69) is 0 Å². The number of rotatable bonds is 1. The average molecular weight is 156 g/mol. The number of aliphatic hydroxyl groups is 2. The number of hydrogen-bond donors (Lipinski definition) is 2. The van der Waals surface area contributed by atoms with Crippen LogP contribution in [0.4, 0.5) is 0 Å². The lowest BCUT2D eigenvalue weighted by Crippen LogP contribution is -2.44. The molecule has 4 nitrogen and oxygen atoms in total. The molecule has 0 atom stereocenters. The first-order valence-electron chi connectivity index (χ1n) is 3.68. The van der Waals surface area contributed by atoms with Crippen molar-refractivity contribution in [2.75, 3.05) is 19.7 Å². The van der Waals surface area contributed by atoms with Crippen LogP contribution in [0.5, 0.6) is 0 Å². The van der Waals surface area contributed by atoms with E-state index in [4.69, 9.17) is 10.4 Å². The van der Waals surface area contributed by atoms with Gasteiger partial charge in [0.2, 0.25) is 0 Å². The number of nitrogens with zero attached hydrogens (tertiary/aromatic N) is 2. The Bertz CT molecular complexity index is 168. The number of likely N-dealkylation sites (tertiary alicyclic amines) is 1. The Morgan fingerprint density at radius 2 is 2.00 bits per heavy atom. The summed E-state index contributed by atoms with van der Waals surface area (Å²) in [5.41, 5.74) is -0.937. The smallest absolute Gasteiger partial charge is 0.179 e. The highest BCUT2D eigenvalue weighted by molar-refractivity contribution is 4.89. The SMILES string of the molecule is N#CN1CCC(O)(CO)CC1. The van der Waals surface area contributed by atoms with E-state index >= 15 is 0 Å². The highest BCUT2D eigenvalue weighted by atomic mass is 16.3. The van der Waals surface area contributed by atoms with Crippen LogP contribution in [0, 0.1) is 11.5 Å². The standard InChI is InChI=1S/C7H12N2O2/c8-6-9-3-1-7(11,5-10)2-4-9/h10-11H,1-5H2. The van der Waals surface area contributed by atoms with Gasteiger partial charge in [-0.15, -0.1) is 0 Å². The third-order valence-electron chi connectivity index (χ3n) is 2.13. The van der Waals surface area contributed by atoms with Crippen molar-refractivity contribution in [1.29, 1.82) is 5.26 Å². The Balaban J connectivity index is 2.42. The van der Waals surface area contributed by atoms with E-state index in [1.807, 2.05) is 6.19 Å². The lowest BCUT2D eigenvalue weighted by molar-refractivity contribution is -0.0514. The molecule has 0 bridgehead atoms. The van der Waals surface area contributed by atoms with Gasteiger partial charge in [0.25, 0.3) is 0 Å². The first kappa shape index (κ1) is 8.31. The molecule has 1 aliphatic rings. The van der Waals surface area contributed by atoms with Crippen molar-refractivity contribution in [3.05, 3.63) is 0 Å². The second-order valence-corrected chi connectivity index (χ2v) is 2.97. The van der Waals surface area contributed by atoms with E-state index < -0.39 is 5.60 Å². The molecule has 0 radical (unpaired) electrons. The molecule has 1 rings (SSSR count). The molecule has 1 saturated heterocycles. The monoisotopic (exact) mass is 156 g/mol. The van der Waals surface area contributed by atoms with Crippen LogP contribution in [0.25, 0.3) is 0 Å². The zero-order valence-corrected chi connectivity index (χ0v) is 6.32. The van der Waals surface area contributed by atoms with Crippen LogP contribution in [-0.4, -0.2) is 40.4 Å². The summed E-state index contributed by atoms with van der Waals surface area (Å²) in [6.07, 6.45) is 2.97. The van der Waals surface area contributed by atoms with E-state index in [9.17, 15) is 5.11 Å². The predicted molar refractivity (Wildman–Crippen MR) is 38.5 cm³/mol. The van der Waals surface area contributed by atoms with E-state index in [1.165, 1.54) is 0 Å². The number of hydrogen-bond acceptors (Lipinski definition) is 4. The largest absolute Gasteiger partial charge is 0.393 e. The summed E-state index contributed by atoms with van der Waals surface area (Å²) in [6, 6.07) is 0. The molecule has 1 heterocycles. The Labute approximate surface area is 65.7 Å². The van der Waals surface area contributed by atoms with E-state index in [0.717, 1.165) is 0 Å². The van der Waals surface area contributed by atoms with Crippen LogP contribution in [0.15, 0.2) is 0 Å². The minimum Gasteiger partial charge on any atom is -0.393 e. The molecule has 11 heavy (non-hydrogen) atoms. The van der Waals surface area contributed by atoms with Crippen LogP contribution >= 0.6 is 0 Å². The van der Waals surface area contributed by atoms with Crippen LogP contribution in [0.1, 0.15) is 12.8 Å². The normalized spacial score (nSPS) is 22.8. The molecule has 1 aliphatic heterocycles. The molecule has 4 heteroatoms. The van der Waals surface area contributed by atoms with E-state index in [0.29, 0.717) is 25.9 Å². The van der Waals surface area contributed by atoms with Crippen molar-refractivity contribution < 1.29 is 10.2 Å². The Morgan fingerprint density at radius 3 is 2.36 bits per heavy atom. The Hall–Kier alpha value is -0.790. The second-order valence-electron chi connectivity index (χ2n) is 2.97. The molecule has 2 N–H and O–H groups in total. The first-order valence-corrected chi connectivity index (χ1v) is 3.68. The Kier molecular flexibility index (Phi) is 2.32. The molecule has 0 saturated carbocycles. The lowest BCUT2D eigenvalue weighted by Gasteiger charge is -2.34. The van der Waals surface area contributed by atoms with Crippen LogP contribution < -0.4 is 0 Å². The lowest BCUT2D eigenvalue weighted by atomic mass is 9.93.